The van der Waals surface area contributed by atoms with E-state index in [1.807, 2.05) is 0 Å². The van der Waals surface area contributed by atoms with E-state index in [0.29, 0.717) is 5.65 Å². The summed E-state index contributed by atoms with van der Waals surface area (Å²) < 4.78 is 7.53. The first-order valence-electron chi connectivity index (χ1n) is 6.62. The van der Waals surface area contributed by atoms with Gasteiger partial charge in [-0.2, -0.15) is 4.98 Å². The number of nitrogens with one attached hydrogen (secondary N) is 1. The van der Waals surface area contributed by atoms with Crippen LogP contribution in [0.4, 0.5) is 5.95 Å². The largest absolute Gasteiger partial charge is 0.394 e. The molecule has 0 aliphatic carbocycles. The molecule has 1 fully saturated rings. The highest BCUT2D eigenvalue weighted by atomic mass is 16.5. The van der Waals surface area contributed by atoms with Crippen molar-refractivity contribution < 1.29 is 9.84 Å². The Labute approximate surface area is 114 Å². The predicted molar refractivity (Wildman–Crippen MR) is 72.0 cm³/mol. The van der Waals surface area contributed by atoms with Gasteiger partial charge in [-0.1, -0.05) is 13.3 Å². The summed E-state index contributed by atoms with van der Waals surface area (Å²) in [4.78, 5) is 22.3. The van der Waals surface area contributed by atoms with Crippen molar-refractivity contribution in [2.75, 3.05) is 12.3 Å². The number of imidazole rings is 1. The minimum absolute atomic E-state index is 0.0161. The Morgan fingerprint density at radius 3 is 3.10 bits per heavy atom. The fraction of sp³-hybridized carbons (Fsp3) is 0.583. The highest BCUT2D eigenvalue weighted by molar-refractivity contribution is 5.70. The standard InChI is InChI=1S/C12H17N5O3/c1-2-6-3-8(20-7(6)4-18)17-5-14-9-10(17)15-12(13)16-11(9)19/h5-8,18H,2-4H2,1H3,(H3,13,15,16,19)/t6-,7+,8+/m0/s1. The van der Waals surface area contributed by atoms with Gasteiger partial charge in [-0.15, -0.1) is 0 Å². The highest BCUT2D eigenvalue weighted by Gasteiger charge is 2.35. The first kappa shape index (κ1) is 13.1. The molecule has 0 aromatic carbocycles. The smallest absolute Gasteiger partial charge is 0.280 e. The van der Waals surface area contributed by atoms with Gasteiger partial charge >= 0.3 is 0 Å². The number of hydrogen-bond donors (Lipinski definition) is 3. The van der Waals surface area contributed by atoms with Crippen LogP contribution in [0.2, 0.25) is 0 Å². The van der Waals surface area contributed by atoms with Crippen molar-refractivity contribution in [2.45, 2.75) is 32.1 Å². The average Bonchev–Trinajstić information content (AvgIpc) is 3.01. The van der Waals surface area contributed by atoms with Gasteiger partial charge in [0.25, 0.3) is 5.56 Å². The van der Waals surface area contributed by atoms with E-state index in [-0.39, 0.29) is 41.9 Å². The lowest BCUT2D eigenvalue weighted by molar-refractivity contribution is -0.0293. The van der Waals surface area contributed by atoms with Crippen LogP contribution in [0.5, 0.6) is 0 Å². The number of H-pyrrole nitrogens is 1. The van der Waals surface area contributed by atoms with Crippen LogP contribution in [0.1, 0.15) is 26.0 Å². The molecule has 3 rings (SSSR count). The summed E-state index contributed by atoms with van der Waals surface area (Å²) in [7, 11) is 0. The number of aromatic amines is 1. The number of aliphatic hydroxyl groups is 1. The normalized spacial score (nSPS) is 26.4. The second-order valence-electron chi connectivity index (χ2n) is 4.99. The van der Waals surface area contributed by atoms with Crippen LogP contribution in [0.15, 0.2) is 11.1 Å². The van der Waals surface area contributed by atoms with Gasteiger partial charge in [0.1, 0.15) is 6.23 Å². The van der Waals surface area contributed by atoms with Crippen LogP contribution in [-0.4, -0.2) is 37.3 Å². The molecule has 3 atom stereocenters. The molecule has 0 unspecified atom stereocenters. The Balaban J connectivity index is 2.01. The zero-order valence-electron chi connectivity index (χ0n) is 11.1. The van der Waals surface area contributed by atoms with Crippen LogP contribution in [0.25, 0.3) is 11.2 Å². The molecule has 0 bridgehead atoms. The molecular formula is C12H17N5O3. The number of anilines is 1. The molecule has 0 radical (unpaired) electrons. The topological polar surface area (TPSA) is 119 Å². The van der Waals surface area contributed by atoms with Gasteiger partial charge < -0.3 is 15.6 Å². The molecule has 2 aromatic rings. The minimum atomic E-state index is -0.366. The lowest BCUT2D eigenvalue weighted by Gasteiger charge is -2.14. The maximum absolute atomic E-state index is 11.7. The molecular weight excluding hydrogens is 262 g/mol. The Kier molecular flexibility index (Phi) is 3.19. The van der Waals surface area contributed by atoms with Crippen molar-refractivity contribution >= 4 is 17.1 Å². The lowest BCUT2D eigenvalue weighted by atomic mass is 9.98. The van der Waals surface area contributed by atoms with Crippen molar-refractivity contribution in [3.63, 3.8) is 0 Å². The minimum Gasteiger partial charge on any atom is -0.394 e. The third-order valence-electron chi connectivity index (χ3n) is 3.83. The van der Waals surface area contributed by atoms with E-state index in [1.165, 1.54) is 6.33 Å². The van der Waals surface area contributed by atoms with Crippen LogP contribution < -0.4 is 11.3 Å². The number of nitrogens with zero attached hydrogens (tertiary/aromatic N) is 3. The predicted octanol–water partition coefficient (Wildman–Crippen LogP) is 0.00780. The third kappa shape index (κ3) is 1.97. The Morgan fingerprint density at radius 1 is 1.65 bits per heavy atom. The van der Waals surface area contributed by atoms with Gasteiger partial charge in [0.2, 0.25) is 5.95 Å². The number of hydrogen-bond acceptors (Lipinski definition) is 6. The summed E-state index contributed by atoms with van der Waals surface area (Å²) in [6.45, 7) is 2.05. The highest BCUT2D eigenvalue weighted by Crippen LogP contribution is 2.36. The SMILES string of the molecule is CC[C@H]1C[C@H](n2cnc3c(=O)[nH]c(N)nc32)O[C@@H]1CO. The number of aliphatic hydroxyl groups excluding tert-OH is 1. The number of nitrogen functional groups attached to an aromatic ring is 1. The van der Waals surface area contributed by atoms with E-state index in [0.717, 1.165) is 12.8 Å². The number of fused-ring (bicyclic) bond motifs is 1. The van der Waals surface area contributed by atoms with Crippen molar-refractivity contribution in [2.24, 2.45) is 5.92 Å². The fourth-order valence-corrected chi connectivity index (χ4v) is 2.73. The second kappa shape index (κ2) is 4.88. The fourth-order valence-electron chi connectivity index (χ4n) is 2.73. The molecule has 1 aliphatic rings. The van der Waals surface area contributed by atoms with Gasteiger partial charge in [0, 0.05) is 0 Å². The zero-order chi connectivity index (χ0) is 14.3. The molecule has 4 N–H and O–H groups in total. The van der Waals surface area contributed by atoms with Gasteiger partial charge in [0.05, 0.1) is 19.0 Å². The van der Waals surface area contributed by atoms with Gasteiger partial charge in [-0.25, -0.2) is 4.98 Å². The summed E-state index contributed by atoms with van der Waals surface area (Å²) in [5.41, 5.74) is 5.85. The summed E-state index contributed by atoms with van der Waals surface area (Å²) in [6, 6.07) is 0. The molecule has 1 aliphatic heterocycles. The summed E-state index contributed by atoms with van der Waals surface area (Å²) in [6.07, 6.45) is 2.73. The first-order valence-corrected chi connectivity index (χ1v) is 6.62. The number of aromatic nitrogens is 4. The number of rotatable bonds is 3. The van der Waals surface area contributed by atoms with Crippen molar-refractivity contribution in [3.8, 4) is 0 Å². The van der Waals surface area contributed by atoms with E-state index < -0.39 is 0 Å². The van der Waals surface area contributed by atoms with Crippen molar-refractivity contribution in [1.82, 2.24) is 19.5 Å². The van der Waals surface area contributed by atoms with Crippen molar-refractivity contribution in [3.05, 3.63) is 16.7 Å². The van der Waals surface area contributed by atoms with Crippen LogP contribution in [0.3, 0.4) is 0 Å². The van der Waals surface area contributed by atoms with Gasteiger partial charge in [0.15, 0.2) is 11.2 Å². The van der Waals surface area contributed by atoms with Crippen LogP contribution in [0, 0.1) is 5.92 Å². The average molecular weight is 279 g/mol. The molecule has 3 heterocycles. The monoisotopic (exact) mass is 279 g/mol. The molecule has 8 heteroatoms. The molecule has 0 amide bonds. The Bertz CT molecular complexity index is 667. The lowest BCUT2D eigenvalue weighted by Crippen LogP contribution is -2.20. The summed E-state index contributed by atoms with van der Waals surface area (Å²) in [5.74, 6) is 0.329. The molecule has 1 saturated heterocycles. The van der Waals surface area contributed by atoms with E-state index in [9.17, 15) is 9.90 Å². The van der Waals surface area contributed by atoms with Crippen LogP contribution >= 0.6 is 0 Å². The van der Waals surface area contributed by atoms with E-state index >= 15 is 0 Å². The molecule has 8 nitrogen and oxygen atoms in total. The quantitative estimate of drug-likeness (QED) is 0.728. The second-order valence-corrected chi connectivity index (χ2v) is 4.99. The molecule has 2 aromatic heterocycles. The molecule has 20 heavy (non-hydrogen) atoms. The van der Waals surface area contributed by atoms with E-state index in [2.05, 4.69) is 21.9 Å². The Morgan fingerprint density at radius 2 is 2.45 bits per heavy atom. The van der Waals surface area contributed by atoms with Gasteiger partial charge in [-0.3, -0.25) is 14.3 Å². The number of nitrogens with two attached hydrogens (primary N) is 1. The third-order valence-corrected chi connectivity index (χ3v) is 3.83. The molecule has 108 valence electrons. The summed E-state index contributed by atoms with van der Waals surface area (Å²) >= 11 is 0. The zero-order valence-corrected chi connectivity index (χ0v) is 11.1. The number of ether oxygens (including phenoxy) is 1. The maximum Gasteiger partial charge on any atom is 0.280 e. The molecule has 0 spiro atoms. The van der Waals surface area contributed by atoms with E-state index in [4.69, 9.17) is 10.5 Å². The maximum atomic E-state index is 11.7. The summed E-state index contributed by atoms with van der Waals surface area (Å²) in [5, 5.41) is 9.34. The first-order chi connectivity index (χ1) is 9.63. The van der Waals surface area contributed by atoms with E-state index in [1.54, 1.807) is 4.57 Å². The molecule has 0 saturated carbocycles. The van der Waals surface area contributed by atoms with Crippen molar-refractivity contribution in [1.29, 1.82) is 0 Å². The van der Waals surface area contributed by atoms with Crippen LogP contribution in [-0.2, 0) is 4.74 Å². The Hall–Kier alpha value is -1.93. The van der Waals surface area contributed by atoms with Gasteiger partial charge in [-0.05, 0) is 12.3 Å².